The van der Waals surface area contributed by atoms with Crippen molar-refractivity contribution in [1.29, 1.82) is 0 Å². The number of amides is 3. The maximum absolute atomic E-state index is 13.2. The van der Waals surface area contributed by atoms with Gasteiger partial charge in [-0.15, -0.1) is 0 Å². The molecule has 7 nitrogen and oxygen atoms in total. The second-order valence-corrected chi connectivity index (χ2v) is 7.48. The van der Waals surface area contributed by atoms with Gasteiger partial charge in [-0.25, -0.2) is 0 Å². The van der Waals surface area contributed by atoms with Gasteiger partial charge in [-0.05, 0) is 32.3 Å². The van der Waals surface area contributed by atoms with E-state index in [-0.39, 0.29) is 36.3 Å². The number of carbonyl (C=O) groups is 3. The van der Waals surface area contributed by atoms with E-state index in [0.717, 1.165) is 5.56 Å². The van der Waals surface area contributed by atoms with Crippen molar-refractivity contribution in [2.75, 3.05) is 19.7 Å². The number of hydrogen-bond donors (Lipinski definition) is 1. The minimum Gasteiger partial charge on any atom is -0.369 e. The van der Waals surface area contributed by atoms with E-state index >= 15 is 0 Å². The lowest BCUT2D eigenvalue weighted by Gasteiger charge is -2.44. The minimum atomic E-state index is -0.752. The van der Waals surface area contributed by atoms with Crippen LogP contribution in [0.25, 0.3) is 0 Å². The van der Waals surface area contributed by atoms with Crippen molar-refractivity contribution in [3.63, 3.8) is 0 Å². The first-order chi connectivity index (χ1) is 12.9. The Morgan fingerprint density at radius 1 is 1.15 bits per heavy atom. The Kier molecular flexibility index (Phi) is 5.79. The van der Waals surface area contributed by atoms with Crippen LogP contribution in [0, 0.1) is 5.92 Å². The predicted molar refractivity (Wildman–Crippen MR) is 99.4 cm³/mol. The third-order valence-corrected chi connectivity index (χ3v) is 5.41. The fourth-order valence-corrected chi connectivity index (χ4v) is 3.99. The molecule has 0 spiro atoms. The van der Waals surface area contributed by atoms with Crippen molar-refractivity contribution in [3.8, 4) is 0 Å². The molecule has 7 heteroatoms. The lowest BCUT2D eigenvalue weighted by atomic mass is 9.93. The van der Waals surface area contributed by atoms with Crippen LogP contribution in [-0.2, 0) is 19.1 Å². The van der Waals surface area contributed by atoms with Crippen molar-refractivity contribution in [2.24, 2.45) is 11.7 Å². The molecule has 27 heavy (non-hydrogen) atoms. The molecule has 2 aliphatic heterocycles. The van der Waals surface area contributed by atoms with Crippen LogP contribution in [0.15, 0.2) is 30.3 Å². The molecule has 146 valence electrons. The van der Waals surface area contributed by atoms with Crippen molar-refractivity contribution in [1.82, 2.24) is 9.80 Å². The number of nitrogens with zero attached hydrogens (tertiary/aromatic N) is 2. The monoisotopic (exact) mass is 373 g/mol. The van der Waals surface area contributed by atoms with Crippen molar-refractivity contribution < 1.29 is 19.1 Å². The Morgan fingerprint density at radius 3 is 2.33 bits per heavy atom. The van der Waals surface area contributed by atoms with Crippen molar-refractivity contribution in [2.45, 2.75) is 44.9 Å². The van der Waals surface area contributed by atoms with Gasteiger partial charge < -0.3 is 20.3 Å². The van der Waals surface area contributed by atoms with E-state index in [1.165, 1.54) is 0 Å². The summed E-state index contributed by atoms with van der Waals surface area (Å²) in [6.45, 7) is 4.74. The molecular formula is C20H27N3O4. The fraction of sp³-hybridized carbons (Fsp3) is 0.550. The first-order valence-electron chi connectivity index (χ1n) is 9.46. The summed E-state index contributed by atoms with van der Waals surface area (Å²) in [5.41, 5.74) is 6.26. The summed E-state index contributed by atoms with van der Waals surface area (Å²) in [7, 11) is 0. The summed E-state index contributed by atoms with van der Waals surface area (Å²) < 4.78 is 5.75. The Balaban J connectivity index is 1.84. The molecule has 0 bridgehead atoms. The van der Waals surface area contributed by atoms with Gasteiger partial charge in [-0.1, -0.05) is 30.3 Å². The molecule has 3 amide bonds. The third kappa shape index (κ3) is 3.98. The molecule has 0 aliphatic carbocycles. The van der Waals surface area contributed by atoms with Gasteiger partial charge in [0.2, 0.25) is 11.8 Å². The Morgan fingerprint density at radius 2 is 1.78 bits per heavy atom. The van der Waals surface area contributed by atoms with E-state index in [0.29, 0.717) is 25.9 Å². The van der Waals surface area contributed by atoms with Crippen LogP contribution in [0.4, 0.5) is 0 Å². The summed E-state index contributed by atoms with van der Waals surface area (Å²) in [4.78, 5) is 40.6. The van der Waals surface area contributed by atoms with Gasteiger partial charge in [-0.2, -0.15) is 0 Å². The Bertz CT molecular complexity index is 698. The molecule has 2 N–H and O–H groups in total. The Hall–Kier alpha value is -2.41. The number of hydrogen-bond acceptors (Lipinski definition) is 4. The Labute approximate surface area is 159 Å². The van der Waals surface area contributed by atoms with Crippen LogP contribution in [0.2, 0.25) is 0 Å². The average molecular weight is 373 g/mol. The highest BCUT2D eigenvalue weighted by molar-refractivity contribution is 5.87. The standard InChI is InChI=1S/C20H27N3O4/c1-13(2)23-16(24)12-27-18(17(23)14-6-4-3-5-7-14)20(26)22-10-8-15(9-11-22)19(21)25/h3-7,13,15,17-18H,8-12H2,1-2H3,(H2,21,25)/t17-,18+/m1/s1. The summed E-state index contributed by atoms with van der Waals surface area (Å²) >= 11 is 0. The molecule has 0 unspecified atom stereocenters. The second-order valence-electron chi connectivity index (χ2n) is 7.48. The minimum absolute atomic E-state index is 0.0532. The van der Waals surface area contributed by atoms with Crippen molar-refractivity contribution >= 4 is 17.7 Å². The number of benzene rings is 1. The number of ether oxygens (including phenoxy) is 1. The van der Waals surface area contributed by atoms with Crippen LogP contribution in [-0.4, -0.2) is 59.4 Å². The highest BCUT2D eigenvalue weighted by Crippen LogP contribution is 2.33. The molecule has 2 atom stereocenters. The smallest absolute Gasteiger partial charge is 0.254 e. The first kappa shape index (κ1) is 19.4. The summed E-state index contributed by atoms with van der Waals surface area (Å²) in [6.07, 6.45) is 0.380. The predicted octanol–water partition coefficient (Wildman–Crippen LogP) is 1.09. The van der Waals surface area contributed by atoms with Crippen LogP contribution in [0.3, 0.4) is 0 Å². The average Bonchev–Trinajstić information content (AvgIpc) is 2.67. The third-order valence-electron chi connectivity index (χ3n) is 5.41. The van der Waals surface area contributed by atoms with Gasteiger partial charge in [0, 0.05) is 25.0 Å². The molecule has 0 aromatic heterocycles. The number of piperidine rings is 1. The molecule has 2 aliphatic rings. The molecule has 1 aromatic carbocycles. The fourth-order valence-electron chi connectivity index (χ4n) is 3.99. The zero-order chi connectivity index (χ0) is 19.6. The zero-order valence-corrected chi connectivity index (χ0v) is 15.8. The number of morpholine rings is 1. The van der Waals surface area contributed by atoms with Crippen LogP contribution < -0.4 is 5.73 Å². The van der Waals surface area contributed by atoms with E-state index in [4.69, 9.17) is 10.5 Å². The van der Waals surface area contributed by atoms with Gasteiger partial charge in [0.1, 0.15) is 6.61 Å². The number of likely N-dealkylation sites (tertiary alicyclic amines) is 1. The molecule has 2 fully saturated rings. The molecule has 0 saturated carbocycles. The largest absolute Gasteiger partial charge is 0.369 e. The van der Waals surface area contributed by atoms with E-state index in [9.17, 15) is 14.4 Å². The molecule has 2 heterocycles. The first-order valence-corrected chi connectivity index (χ1v) is 9.46. The van der Waals surface area contributed by atoms with E-state index < -0.39 is 12.1 Å². The number of nitrogens with two attached hydrogens (primary N) is 1. The van der Waals surface area contributed by atoms with Crippen LogP contribution in [0.1, 0.15) is 38.3 Å². The number of carbonyl (C=O) groups excluding carboxylic acids is 3. The highest BCUT2D eigenvalue weighted by Gasteiger charge is 2.44. The lowest BCUT2D eigenvalue weighted by molar-refractivity contribution is -0.172. The van der Waals surface area contributed by atoms with Crippen LogP contribution >= 0.6 is 0 Å². The lowest BCUT2D eigenvalue weighted by Crippen LogP contribution is -2.57. The zero-order valence-electron chi connectivity index (χ0n) is 15.8. The van der Waals surface area contributed by atoms with E-state index in [1.54, 1.807) is 9.80 Å². The topological polar surface area (TPSA) is 92.9 Å². The molecule has 0 radical (unpaired) electrons. The molecule has 1 aromatic rings. The van der Waals surface area contributed by atoms with Gasteiger partial charge in [-0.3, -0.25) is 14.4 Å². The van der Waals surface area contributed by atoms with Crippen LogP contribution in [0.5, 0.6) is 0 Å². The number of rotatable bonds is 4. The highest BCUT2D eigenvalue weighted by atomic mass is 16.5. The maximum atomic E-state index is 13.2. The maximum Gasteiger partial charge on any atom is 0.254 e. The second kappa shape index (κ2) is 8.08. The molecular weight excluding hydrogens is 346 g/mol. The van der Waals surface area contributed by atoms with Gasteiger partial charge in [0.25, 0.3) is 5.91 Å². The van der Waals surface area contributed by atoms with Gasteiger partial charge in [0.05, 0.1) is 6.04 Å². The summed E-state index contributed by atoms with van der Waals surface area (Å²) in [6, 6.07) is 9.01. The van der Waals surface area contributed by atoms with Crippen molar-refractivity contribution in [3.05, 3.63) is 35.9 Å². The molecule has 3 rings (SSSR count). The number of primary amides is 1. The van der Waals surface area contributed by atoms with Gasteiger partial charge in [0.15, 0.2) is 6.10 Å². The SMILES string of the molecule is CC(C)N1C(=O)CO[C@H](C(=O)N2CCC(C(N)=O)CC2)[C@H]1c1ccccc1. The normalized spacial score (nSPS) is 24.3. The summed E-state index contributed by atoms with van der Waals surface area (Å²) in [5.74, 6) is -0.741. The molecule has 2 saturated heterocycles. The quantitative estimate of drug-likeness (QED) is 0.855. The summed E-state index contributed by atoms with van der Waals surface area (Å²) in [5, 5.41) is 0. The van der Waals surface area contributed by atoms with E-state index in [2.05, 4.69) is 0 Å². The van der Waals surface area contributed by atoms with Gasteiger partial charge >= 0.3 is 0 Å². The van der Waals surface area contributed by atoms with E-state index in [1.807, 2.05) is 44.2 Å².